The van der Waals surface area contributed by atoms with Crippen LogP contribution in [0.4, 0.5) is 0 Å². The topological polar surface area (TPSA) is 101 Å². The van der Waals surface area contributed by atoms with Crippen molar-refractivity contribution in [1.82, 2.24) is 15.5 Å². The van der Waals surface area contributed by atoms with Crippen molar-refractivity contribution in [3.05, 3.63) is 53.5 Å². The molecule has 8 nitrogen and oxygen atoms in total. The summed E-state index contributed by atoms with van der Waals surface area (Å²) < 4.78 is 10.8. The molecule has 33 heavy (non-hydrogen) atoms. The second-order valence-electron chi connectivity index (χ2n) is 8.64. The Labute approximate surface area is 194 Å². The van der Waals surface area contributed by atoms with Gasteiger partial charge in [0.15, 0.2) is 5.76 Å². The lowest BCUT2D eigenvalue weighted by Gasteiger charge is -2.35. The number of rotatable bonds is 8. The second-order valence-corrected chi connectivity index (χ2v) is 8.64. The van der Waals surface area contributed by atoms with Crippen molar-refractivity contribution >= 4 is 17.7 Å². The average molecular weight is 456 g/mol. The van der Waals surface area contributed by atoms with Crippen molar-refractivity contribution in [3.8, 4) is 5.75 Å². The zero-order valence-corrected chi connectivity index (χ0v) is 19.7. The Morgan fingerprint density at radius 3 is 2.27 bits per heavy atom. The molecule has 0 spiro atoms. The Bertz CT molecular complexity index is 959. The number of amides is 3. The minimum atomic E-state index is -0.624. The fourth-order valence-electron chi connectivity index (χ4n) is 3.86. The molecule has 0 saturated carbocycles. The number of nitrogens with one attached hydrogen (secondary N) is 2. The highest BCUT2D eigenvalue weighted by Gasteiger charge is 2.32. The first-order valence-corrected chi connectivity index (χ1v) is 11.5. The van der Waals surface area contributed by atoms with E-state index >= 15 is 0 Å². The van der Waals surface area contributed by atoms with E-state index in [1.54, 1.807) is 48.2 Å². The Hall–Kier alpha value is -3.29. The van der Waals surface area contributed by atoms with E-state index < -0.39 is 6.04 Å². The first kappa shape index (κ1) is 24.4. The molecule has 2 aromatic rings. The van der Waals surface area contributed by atoms with E-state index in [1.807, 2.05) is 20.8 Å². The summed E-state index contributed by atoms with van der Waals surface area (Å²) in [5.41, 5.74) is 0.478. The first-order chi connectivity index (χ1) is 15.8. The number of piperidine rings is 1. The van der Waals surface area contributed by atoms with Crippen LogP contribution in [0, 0.1) is 12.8 Å². The average Bonchev–Trinajstić information content (AvgIpc) is 3.24. The predicted molar refractivity (Wildman–Crippen MR) is 124 cm³/mol. The number of aryl methyl sites for hydroxylation is 1. The van der Waals surface area contributed by atoms with Crippen LogP contribution in [-0.2, 0) is 4.79 Å². The van der Waals surface area contributed by atoms with Gasteiger partial charge in [0, 0.05) is 24.7 Å². The van der Waals surface area contributed by atoms with Crippen LogP contribution in [0.15, 0.2) is 40.8 Å². The van der Waals surface area contributed by atoms with Gasteiger partial charge in [0.1, 0.15) is 17.6 Å². The molecule has 178 valence electrons. The molecule has 1 aliphatic rings. The summed E-state index contributed by atoms with van der Waals surface area (Å²) in [6, 6.07) is 9.63. The van der Waals surface area contributed by atoms with Crippen molar-refractivity contribution in [2.24, 2.45) is 5.92 Å². The molecule has 1 saturated heterocycles. The predicted octanol–water partition coefficient (Wildman–Crippen LogP) is 3.16. The van der Waals surface area contributed by atoms with E-state index in [9.17, 15) is 14.4 Å². The van der Waals surface area contributed by atoms with E-state index in [4.69, 9.17) is 9.15 Å². The molecule has 8 heteroatoms. The molecular weight excluding hydrogens is 422 g/mol. The third-order valence-corrected chi connectivity index (χ3v) is 5.75. The van der Waals surface area contributed by atoms with Crippen LogP contribution in [-0.4, -0.2) is 54.4 Å². The van der Waals surface area contributed by atoms with Crippen molar-refractivity contribution in [1.29, 1.82) is 0 Å². The van der Waals surface area contributed by atoms with Gasteiger partial charge in [-0.05, 0) is 69.0 Å². The molecule has 2 heterocycles. The molecule has 2 N–H and O–H groups in total. The van der Waals surface area contributed by atoms with Gasteiger partial charge in [-0.15, -0.1) is 0 Å². The van der Waals surface area contributed by atoms with Crippen LogP contribution in [0.25, 0.3) is 0 Å². The molecule has 3 rings (SSSR count). The van der Waals surface area contributed by atoms with E-state index in [1.165, 1.54) is 0 Å². The molecule has 1 aromatic heterocycles. The lowest BCUT2D eigenvalue weighted by atomic mass is 9.99. The van der Waals surface area contributed by atoms with Crippen LogP contribution in [0.2, 0.25) is 0 Å². The summed E-state index contributed by atoms with van der Waals surface area (Å²) in [5, 5.41) is 5.87. The molecule has 1 aliphatic heterocycles. The quantitative estimate of drug-likeness (QED) is 0.637. The number of ether oxygens (including phenoxy) is 1. The van der Waals surface area contributed by atoms with Gasteiger partial charge in [0.2, 0.25) is 5.91 Å². The summed E-state index contributed by atoms with van der Waals surface area (Å²) in [7, 11) is 0. The van der Waals surface area contributed by atoms with Crippen molar-refractivity contribution < 1.29 is 23.5 Å². The highest BCUT2D eigenvalue weighted by molar-refractivity contribution is 5.97. The molecule has 1 unspecified atom stereocenters. The van der Waals surface area contributed by atoms with Crippen molar-refractivity contribution in [2.45, 2.75) is 52.6 Å². The summed E-state index contributed by atoms with van der Waals surface area (Å²) >= 11 is 0. The normalized spacial score (nSPS) is 15.2. The van der Waals surface area contributed by atoms with Gasteiger partial charge < -0.3 is 24.7 Å². The largest absolute Gasteiger partial charge is 0.494 e. The van der Waals surface area contributed by atoms with Crippen LogP contribution in [0.1, 0.15) is 60.3 Å². The van der Waals surface area contributed by atoms with Gasteiger partial charge in [-0.1, -0.05) is 13.8 Å². The molecule has 0 bridgehead atoms. The highest BCUT2D eigenvalue weighted by atomic mass is 16.5. The van der Waals surface area contributed by atoms with E-state index in [-0.39, 0.29) is 29.7 Å². The monoisotopic (exact) mass is 455 g/mol. The number of furan rings is 1. The van der Waals surface area contributed by atoms with Gasteiger partial charge in [-0.2, -0.15) is 0 Å². The summed E-state index contributed by atoms with van der Waals surface area (Å²) in [6.07, 6.45) is 1.30. The second kappa shape index (κ2) is 11.0. The number of likely N-dealkylation sites (tertiary alicyclic amines) is 1. The molecule has 3 amide bonds. The van der Waals surface area contributed by atoms with E-state index in [0.717, 1.165) is 0 Å². The van der Waals surface area contributed by atoms with Crippen LogP contribution < -0.4 is 15.4 Å². The minimum absolute atomic E-state index is 0.0251. The number of nitrogens with zero attached hydrogens (tertiary/aromatic N) is 1. The smallest absolute Gasteiger partial charge is 0.287 e. The maximum absolute atomic E-state index is 13.2. The van der Waals surface area contributed by atoms with Gasteiger partial charge in [0.05, 0.1) is 6.61 Å². The lowest BCUT2D eigenvalue weighted by molar-refractivity contribution is -0.135. The number of hydrogen-bond acceptors (Lipinski definition) is 5. The number of benzene rings is 1. The standard InChI is InChI=1S/C25H33N3O5/c1-5-32-20-9-7-18(8-10-20)23(29)27-22(16(2)3)25(31)28-14-12-19(13-15-28)26-24(30)21-11-6-17(4)33-21/h6-11,16,19,22H,5,12-15H2,1-4H3,(H,26,30)(H,27,29). The lowest BCUT2D eigenvalue weighted by Crippen LogP contribution is -2.54. The van der Waals surface area contributed by atoms with E-state index in [2.05, 4.69) is 10.6 Å². The van der Waals surface area contributed by atoms with Gasteiger partial charge in [-0.25, -0.2) is 0 Å². The fraction of sp³-hybridized carbons (Fsp3) is 0.480. The third kappa shape index (κ3) is 6.37. The molecule has 0 aliphatic carbocycles. The minimum Gasteiger partial charge on any atom is -0.494 e. The Morgan fingerprint density at radius 1 is 1.06 bits per heavy atom. The van der Waals surface area contributed by atoms with Gasteiger partial charge in [-0.3, -0.25) is 14.4 Å². The fourth-order valence-corrected chi connectivity index (χ4v) is 3.86. The summed E-state index contributed by atoms with van der Waals surface area (Å²) in [5.74, 6) is 0.981. The van der Waals surface area contributed by atoms with Crippen LogP contribution in [0.3, 0.4) is 0 Å². The van der Waals surface area contributed by atoms with Crippen LogP contribution >= 0.6 is 0 Å². The summed E-state index contributed by atoms with van der Waals surface area (Å²) in [4.78, 5) is 40.0. The Balaban J connectivity index is 1.54. The Morgan fingerprint density at radius 2 is 1.73 bits per heavy atom. The maximum atomic E-state index is 13.2. The number of carbonyl (C=O) groups is 3. The zero-order chi connectivity index (χ0) is 24.0. The van der Waals surface area contributed by atoms with Crippen molar-refractivity contribution in [3.63, 3.8) is 0 Å². The maximum Gasteiger partial charge on any atom is 0.287 e. The number of hydrogen-bond donors (Lipinski definition) is 2. The number of carbonyl (C=O) groups excluding carboxylic acids is 3. The molecule has 0 radical (unpaired) electrons. The van der Waals surface area contributed by atoms with Crippen molar-refractivity contribution in [2.75, 3.05) is 19.7 Å². The third-order valence-electron chi connectivity index (χ3n) is 5.75. The SMILES string of the molecule is CCOc1ccc(C(=O)NC(C(=O)N2CCC(NC(=O)c3ccc(C)o3)CC2)C(C)C)cc1. The highest BCUT2D eigenvalue weighted by Crippen LogP contribution is 2.17. The van der Waals surface area contributed by atoms with Gasteiger partial charge >= 0.3 is 0 Å². The van der Waals surface area contributed by atoms with Gasteiger partial charge in [0.25, 0.3) is 11.8 Å². The molecule has 1 fully saturated rings. The zero-order valence-electron chi connectivity index (χ0n) is 19.7. The molecule has 1 aromatic carbocycles. The molecule has 1 atom stereocenters. The summed E-state index contributed by atoms with van der Waals surface area (Å²) in [6.45, 7) is 9.11. The first-order valence-electron chi connectivity index (χ1n) is 11.5. The van der Waals surface area contributed by atoms with E-state index in [0.29, 0.717) is 55.4 Å². The molecular formula is C25H33N3O5. The van der Waals surface area contributed by atoms with Crippen LogP contribution in [0.5, 0.6) is 5.75 Å². The Kier molecular flexibility index (Phi) is 8.14.